The van der Waals surface area contributed by atoms with Gasteiger partial charge in [0.15, 0.2) is 0 Å². The Hall–Kier alpha value is -3.03. The third-order valence-electron chi connectivity index (χ3n) is 4.51. The lowest BCUT2D eigenvalue weighted by Crippen LogP contribution is -2.37. The van der Waals surface area contributed by atoms with Gasteiger partial charge >= 0.3 is 0 Å². The number of carbonyl (C=O) groups is 1. The highest BCUT2D eigenvalue weighted by atomic mass is 16.6. The normalized spacial score (nSPS) is 13.3. The molecule has 0 spiro atoms. The number of nitro groups is 1. The summed E-state index contributed by atoms with van der Waals surface area (Å²) in [6, 6.07) is 4.60. The first-order valence-electron chi connectivity index (χ1n) is 8.36. The zero-order valence-corrected chi connectivity index (χ0v) is 15.3. The average molecular weight is 355 g/mol. The number of aromatic nitrogens is 2. The van der Waals surface area contributed by atoms with Gasteiger partial charge in [0, 0.05) is 49.8 Å². The minimum absolute atomic E-state index is 0.0406. The highest BCUT2D eigenvalue weighted by molar-refractivity contribution is 5.95. The maximum atomic E-state index is 12.9. The number of hydrogen-bond acceptors (Lipinski definition) is 6. The third kappa shape index (κ3) is 3.22. The highest BCUT2D eigenvalue weighted by Gasteiger charge is 2.27. The van der Waals surface area contributed by atoms with Gasteiger partial charge in [-0.05, 0) is 19.9 Å². The lowest BCUT2D eigenvalue weighted by Gasteiger charge is -2.31. The van der Waals surface area contributed by atoms with E-state index in [0.29, 0.717) is 36.5 Å². The Bertz CT molecular complexity index is 895. The molecule has 1 aromatic heterocycles. The number of anilines is 1. The number of nitro benzene ring substituents is 1. The molecule has 0 atom stereocenters. The molecule has 0 N–H and O–H groups in total. The van der Waals surface area contributed by atoms with E-state index in [1.165, 1.54) is 6.07 Å². The molecule has 8 heteroatoms. The van der Waals surface area contributed by atoms with E-state index in [-0.39, 0.29) is 11.6 Å². The van der Waals surface area contributed by atoms with Gasteiger partial charge in [-0.2, -0.15) is 0 Å². The summed E-state index contributed by atoms with van der Waals surface area (Å²) in [6.07, 6.45) is 0.638. The molecule has 2 aromatic rings. The smallest absolute Gasteiger partial charge is 0.273 e. The van der Waals surface area contributed by atoms with Gasteiger partial charge in [0.25, 0.3) is 11.6 Å². The highest BCUT2D eigenvalue weighted by Crippen LogP contribution is 2.27. The van der Waals surface area contributed by atoms with Gasteiger partial charge in [0.2, 0.25) is 0 Å². The van der Waals surface area contributed by atoms with Crippen molar-refractivity contribution in [3.8, 4) is 0 Å². The van der Waals surface area contributed by atoms with E-state index in [9.17, 15) is 14.9 Å². The summed E-state index contributed by atoms with van der Waals surface area (Å²) < 4.78 is 0. The number of fused-ring (bicyclic) bond motifs is 1. The van der Waals surface area contributed by atoms with Crippen LogP contribution in [0.5, 0.6) is 0 Å². The van der Waals surface area contributed by atoms with Crippen molar-refractivity contribution < 1.29 is 9.72 Å². The lowest BCUT2D eigenvalue weighted by atomic mass is 10.0. The van der Waals surface area contributed by atoms with Crippen LogP contribution in [-0.4, -0.2) is 46.3 Å². The van der Waals surface area contributed by atoms with Crippen molar-refractivity contribution in [3.05, 3.63) is 56.5 Å². The lowest BCUT2D eigenvalue weighted by molar-refractivity contribution is -0.385. The summed E-state index contributed by atoms with van der Waals surface area (Å²) in [5.74, 6) is 1.30. The fourth-order valence-corrected chi connectivity index (χ4v) is 3.18. The molecule has 26 heavy (non-hydrogen) atoms. The molecule has 0 aliphatic carbocycles. The van der Waals surface area contributed by atoms with Gasteiger partial charge in [-0.15, -0.1) is 0 Å². The minimum atomic E-state index is -0.460. The molecular formula is C18H21N5O3. The van der Waals surface area contributed by atoms with Crippen molar-refractivity contribution in [2.75, 3.05) is 25.5 Å². The standard InChI is InChI=1S/C18H21N5O3/c1-11-5-6-13(9-16(11)23(25)26)18(24)22-8-7-15-14(10-22)17(21(3)4)20-12(2)19-15/h5-6,9H,7-8,10H2,1-4H3. The molecule has 0 fully saturated rings. The Morgan fingerprint density at radius 2 is 2.00 bits per heavy atom. The molecule has 0 radical (unpaired) electrons. The molecule has 136 valence electrons. The number of rotatable bonds is 3. The van der Waals surface area contributed by atoms with Crippen LogP contribution in [0.3, 0.4) is 0 Å². The molecule has 3 rings (SSSR count). The summed E-state index contributed by atoms with van der Waals surface area (Å²) in [5.41, 5.74) is 2.71. The Morgan fingerprint density at radius 1 is 1.27 bits per heavy atom. The van der Waals surface area contributed by atoms with Gasteiger partial charge in [0.05, 0.1) is 17.2 Å². The van der Waals surface area contributed by atoms with Crippen LogP contribution < -0.4 is 4.90 Å². The first-order valence-corrected chi connectivity index (χ1v) is 8.36. The van der Waals surface area contributed by atoms with Crippen LogP contribution in [-0.2, 0) is 13.0 Å². The van der Waals surface area contributed by atoms with Gasteiger partial charge in [-0.1, -0.05) is 6.07 Å². The van der Waals surface area contributed by atoms with Crippen LogP contribution in [0.2, 0.25) is 0 Å². The van der Waals surface area contributed by atoms with Crippen LogP contribution in [0, 0.1) is 24.0 Å². The second-order valence-electron chi connectivity index (χ2n) is 6.65. The zero-order chi connectivity index (χ0) is 19.0. The van der Waals surface area contributed by atoms with Gasteiger partial charge in [0.1, 0.15) is 11.6 Å². The molecule has 8 nitrogen and oxygen atoms in total. The number of amides is 1. The maximum Gasteiger partial charge on any atom is 0.273 e. The van der Waals surface area contributed by atoms with E-state index in [1.54, 1.807) is 24.0 Å². The number of nitrogens with zero attached hydrogens (tertiary/aromatic N) is 5. The van der Waals surface area contributed by atoms with E-state index in [0.717, 1.165) is 17.1 Å². The largest absolute Gasteiger partial charge is 0.362 e. The molecule has 0 saturated heterocycles. The monoisotopic (exact) mass is 355 g/mol. The molecule has 0 saturated carbocycles. The van der Waals surface area contributed by atoms with E-state index in [2.05, 4.69) is 9.97 Å². The van der Waals surface area contributed by atoms with Crippen molar-refractivity contribution in [3.63, 3.8) is 0 Å². The summed E-state index contributed by atoms with van der Waals surface area (Å²) in [4.78, 5) is 36.2. The van der Waals surface area contributed by atoms with Crippen molar-refractivity contribution in [2.45, 2.75) is 26.8 Å². The molecule has 0 bridgehead atoms. The zero-order valence-electron chi connectivity index (χ0n) is 15.3. The van der Waals surface area contributed by atoms with Crippen LogP contribution in [0.4, 0.5) is 11.5 Å². The van der Waals surface area contributed by atoms with E-state index in [4.69, 9.17) is 0 Å². The van der Waals surface area contributed by atoms with Crippen molar-refractivity contribution in [1.82, 2.24) is 14.9 Å². The van der Waals surface area contributed by atoms with Gasteiger partial charge < -0.3 is 9.80 Å². The van der Waals surface area contributed by atoms with Crippen LogP contribution >= 0.6 is 0 Å². The Balaban J connectivity index is 1.93. The molecule has 2 heterocycles. The maximum absolute atomic E-state index is 12.9. The fraction of sp³-hybridized carbons (Fsp3) is 0.389. The van der Waals surface area contributed by atoms with E-state index < -0.39 is 4.92 Å². The second kappa shape index (κ2) is 6.70. The molecular weight excluding hydrogens is 334 g/mol. The molecule has 1 aliphatic rings. The summed E-state index contributed by atoms with van der Waals surface area (Å²) in [7, 11) is 3.82. The van der Waals surface area contributed by atoms with E-state index in [1.807, 2.05) is 25.9 Å². The Morgan fingerprint density at radius 3 is 2.65 bits per heavy atom. The minimum Gasteiger partial charge on any atom is -0.362 e. The van der Waals surface area contributed by atoms with Gasteiger partial charge in [-0.25, -0.2) is 9.97 Å². The Labute approximate surface area is 151 Å². The quantitative estimate of drug-likeness (QED) is 0.619. The fourth-order valence-electron chi connectivity index (χ4n) is 3.18. The van der Waals surface area contributed by atoms with Crippen LogP contribution in [0.15, 0.2) is 18.2 Å². The van der Waals surface area contributed by atoms with Crippen LogP contribution in [0.1, 0.15) is 33.0 Å². The van der Waals surface area contributed by atoms with Gasteiger partial charge in [-0.3, -0.25) is 14.9 Å². The summed E-state index contributed by atoms with van der Waals surface area (Å²) in [6.45, 7) is 4.43. The number of aryl methyl sites for hydroxylation is 2. The van der Waals surface area contributed by atoms with Crippen molar-refractivity contribution in [1.29, 1.82) is 0 Å². The summed E-state index contributed by atoms with van der Waals surface area (Å²) >= 11 is 0. The number of hydrogen-bond donors (Lipinski definition) is 0. The van der Waals surface area contributed by atoms with E-state index >= 15 is 0 Å². The molecule has 1 aromatic carbocycles. The average Bonchev–Trinajstić information content (AvgIpc) is 2.60. The predicted molar refractivity (Wildman–Crippen MR) is 97.4 cm³/mol. The topological polar surface area (TPSA) is 92.5 Å². The molecule has 1 amide bonds. The summed E-state index contributed by atoms with van der Waals surface area (Å²) in [5, 5.41) is 11.1. The first-order chi connectivity index (χ1) is 12.3. The SMILES string of the molecule is Cc1nc2c(c(N(C)C)n1)CN(C(=O)c1ccc(C)c([N+](=O)[O-])c1)CC2. The Kier molecular flexibility index (Phi) is 4.58. The second-order valence-corrected chi connectivity index (χ2v) is 6.65. The third-order valence-corrected chi connectivity index (χ3v) is 4.51. The predicted octanol–water partition coefficient (Wildman–Crippen LogP) is 2.27. The van der Waals surface area contributed by atoms with Crippen molar-refractivity contribution >= 4 is 17.4 Å². The van der Waals surface area contributed by atoms with Crippen LogP contribution in [0.25, 0.3) is 0 Å². The number of benzene rings is 1. The first kappa shape index (κ1) is 17.8. The van der Waals surface area contributed by atoms with Crippen molar-refractivity contribution in [2.24, 2.45) is 0 Å². The molecule has 1 aliphatic heterocycles. The number of carbonyl (C=O) groups excluding carboxylic acids is 1. The molecule has 0 unspecified atom stereocenters.